The van der Waals surface area contributed by atoms with Crippen molar-refractivity contribution in [3.05, 3.63) is 58.1 Å². The standard InChI is InChI=1S/C13H7BrF2OS/c14-11-6-10(3-1-8(11)7-17)18-13-4-2-9(15)5-12(13)16/h1-7H. The van der Waals surface area contributed by atoms with Crippen molar-refractivity contribution in [3.8, 4) is 0 Å². The first-order valence-corrected chi connectivity index (χ1v) is 6.59. The Balaban J connectivity index is 2.28. The summed E-state index contributed by atoms with van der Waals surface area (Å²) in [5.74, 6) is -1.20. The van der Waals surface area contributed by atoms with Crippen LogP contribution in [0.1, 0.15) is 10.4 Å². The van der Waals surface area contributed by atoms with Crippen LogP contribution in [0.2, 0.25) is 0 Å². The third-order valence-corrected chi connectivity index (χ3v) is 3.95. The molecule has 2 aromatic rings. The lowest BCUT2D eigenvalue weighted by molar-refractivity contribution is 0.112. The highest BCUT2D eigenvalue weighted by Crippen LogP contribution is 2.32. The van der Waals surface area contributed by atoms with E-state index in [9.17, 15) is 13.6 Å². The molecule has 0 amide bonds. The van der Waals surface area contributed by atoms with Gasteiger partial charge in [0.1, 0.15) is 11.6 Å². The molecular weight excluding hydrogens is 322 g/mol. The quantitative estimate of drug-likeness (QED) is 0.760. The fourth-order valence-corrected chi connectivity index (χ4v) is 2.83. The molecule has 0 spiro atoms. The molecule has 2 aromatic carbocycles. The third kappa shape index (κ3) is 2.97. The Kier molecular flexibility index (Phi) is 4.14. The van der Waals surface area contributed by atoms with Gasteiger partial charge in [-0.05, 0) is 30.3 Å². The Bertz CT molecular complexity index is 602. The molecule has 0 heterocycles. The molecule has 0 fully saturated rings. The lowest BCUT2D eigenvalue weighted by Crippen LogP contribution is -1.85. The van der Waals surface area contributed by atoms with Gasteiger partial charge in [-0.3, -0.25) is 4.79 Å². The third-order valence-electron chi connectivity index (χ3n) is 2.22. The average molecular weight is 329 g/mol. The Hall–Kier alpha value is -1.20. The zero-order valence-corrected chi connectivity index (χ0v) is 11.4. The van der Waals surface area contributed by atoms with Crippen molar-refractivity contribution < 1.29 is 13.6 Å². The maximum absolute atomic E-state index is 13.5. The molecule has 0 aromatic heterocycles. The van der Waals surface area contributed by atoms with E-state index in [0.29, 0.717) is 14.9 Å². The first-order chi connectivity index (χ1) is 8.60. The molecule has 0 bridgehead atoms. The number of carbonyl (C=O) groups is 1. The average Bonchev–Trinajstić information content (AvgIpc) is 2.33. The van der Waals surface area contributed by atoms with E-state index in [-0.39, 0.29) is 0 Å². The molecule has 0 radical (unpaired) electrons. The first kappa shape index (κ1) is 13.2. The normalized spacial score (nSPS) is 10.4. The second kappa shape index (κ2) is 5.63. The van der Waals surface area contributed by atoms with Gasteiger partial charge in [0.2, 0.25) is 0 Å². The van der Waals surface area contributed by atoms with Gasteiger partial charge in [0.15, 0.2) is 6.29 Å². The number of hydrogen-bond donors (Lipinski definition) is 0. The van der Waals surface area contributed by atoms with Gasteiger partial charge in [0.05, 0.1) is 0 Å². The van der Waals surface area contributed by atoms with Crippen LogP contribution in [-0.2, 0) is 0 Å². The van der Waals surface area contributed by atoms with Gasteiger partial charge in [-0.1, -0.05) is 27.7 Å². The number of aldehydes is 1. The smallest absolute Gasteiger partial charge is 0.151 e. The molecule has 5 heteroatoms. The Morgan fingerprint density at radius 3 is 2.50 bits per heavy atom. The minimum Gasteiger partial charge on any atom is -0.298 e. The summed E-state index contributed by atoms with van der Waals surface area (Å²) in [6.45, 7) is 0. The summed E-state index contributed by atoms with van der Waals surface area (Å²) in [6, 6.07) is 8.51. The number of benzene rings is 2. The zero-order valence-electron chi connectivity index (χ0n) is 8.99. The van der Waals surface area contributed by atoms with E-state index in [1.807, 2.05) is 0 Å². The van der Waals surface area contributed by atoms with Crippen molar-refractivity contribution in [3.63, 3.8) is 0 Å². The summed E-state index contributed by atoms with van der Waals surface area (Å²) >= 11 is 4.42. The van der Waals surface area contributed by atoms with Crippen molar-refractivity contribution in [1.29, 1.82) is 0 Å². The van der Waals surface area contributed by atoms with Gasteiger partial charge in [-0.15, -0.1) is 0 Å². The number of rotatable bonds is 3. The predicted molar refractivity (Wildman–Crippen MR) is 70.0 cm³/mol. The molecule has 1 nitrogen and oxygen atoms in total. The maximum atomic E-state index is 13.5. The van der Waals surface area contributed by atoms with E-state index in [1.54, 1.807) is 18.2 Å². The molecule has 92 valence electrons. The van der Waals surface area contributed by atoms with Crippen LogP contribution >= 0.6 is 27.7 Å². The highest BCUT2D eigenvalue weighted by atomic mass is 79.9. The first-order valence-electron chi connectivity index (χ1n) is 4.98. The van der Waals surface area contributed by atoms with Crippen LogP contribution in [0.25, 0.3) is 0 Å². The fraction of sp³-hybridized carbons (Fsp3) is 0. The van der Waals surface area contributed by atoms with Crippen LogP contribution < -0.4 is 0 Å². The van der Waals surface area contributed by atoms with Crippen LogP contribution in [0.5, 0.6) is 0 Å². The largest absolute Gasteiger partial charge is 0.298 e. The van der Waals surface area contributed by atoms with Crippen LogP contribution in [0, 0.1) is 11.6 Å². The van der Waals surface area contributed by atoms with Gasteiger partial charge in [0, 0.05) is 25.9 Å². The minimum atomic E-state index is -0.602. The zero-order chi connectivity index (χ0) is 13.1. The summed E-state index contributed by atoms with van der Waals surface area (Å²) in [5, 5.41) is 0. The fourth-order valence-electron chi connectivity index (χ4n) is 1.35. The van der Waals surface area contributed by atoms with Gasteiger partial charge < -0.3 is 0 Å². The van der Waals surface area contributed by atoms with Gasteiger partial charge >= 0.3 is 0 Å². The second-order valence-electron chi connectivity index (χ2n) is 3.48. The monoisotopic (exact) mass is 328 g/mol. The van der Waals surface area contributed by atoms with E-state index in [1.165, 1.54) is 23.9 Å². The molecule has 0 aliphatic rings. The Morgan fingerprint density at radius 2 is 1.89 bits per heavy atom. The molecule has 0 saturated heterocycles. The highest BCUT2D eigenvalue weighted by Gasteiger charge is 2.07. The van der Waals surface area contributed by atoms with Crippen LogP contribution in [-0.4, -0.2) is 6.29 Å². The maximum Gasteiger partial charge on any atom is 0.151 e. The number of halogens is 3. The summed E-state index contributed by atoms with van der Waals surface area (Å²) < 4.78 is 26.9. The SMILES string of the molecule is O=Cc1ccc(Sc2ccc(F)cc2F)cc1Br. The van der Waals surface area contributed by atoms with E-state index in [0.717, 1.165) is 17.2 Å². The van der Waals surface area contributed by atoms with E-state index in [4.69, 9.17) is 0 Å². The van der Waals surface area contributed by atoms with Crippen molar-refractivity contribution >= 4 is 34.0 Å². The van der Waals surface area contributed by atoms with Crippen molar-refractivity contribution in [2.45, 2.75) is 9.79 Å². The summed E-state index contributed by atoms with van der Waals surface area (Å²) in [4.78, 5) is 11.7. The van der Waals surface area contributed by atoms with E-state index in [2.05, 4.69) is 15.9 Å². The number of hydrogen-bond acceptors (Lipinski definition) is 2. The predicted octanol–water partition coefficient (Wildman–Crippen LogP) is 4.69. The van der Waals surface area contributed by atoms with Crippen molar-refractivity contribution in [1.82, 2.24) is 0 Å². The lowest BCUT2D eigenvalue weighted by atomic mass is 10.2. The van der Waals surface area contributed by atoms with E-state index < -0.39 is 11.6 Å². The number of carbonyl (C=O) groups excluding carboxylic acids is 1. The van der Waals surface area contributed by atoms with Crippen molar-refractivity contribution in [2.75, 3.05) is 0 Å². The second-order valence-corrected chi connectivity index (χ2v) is 5.45. The summed E-state index contributed by atoms with van der Waals surface area (Å²) in [6.07, 6.45) is 0.733. The van der Waals surface area contributed by atoms with Gasteiger partial charge in [0.25, 0.3) is 0 Å². The topological polar surface area (TPSA) is 17.1 Å². The van der Waals surface area contributed by atoms with Crippen molar-refractivity contribution in [2.24, 2.45) is 0 Å². The summed E-state index contributed by atoms with van der Waals surface area (Å²) in [5.41, 5.74) is 0.527. The molecule has 0 unspecified atom stereocenters. The van der Waals surface area contributed by atoms with Crippen LogP contribution in [0.15, 0.2) is 50.7 Å². The van der Waals surface area contributed by atoms with E-state index >= 15 is 0 Å². The molecule has 2 rings (SSSR count). The molecule has 0 atom stereocenters. The Morgan fingerprint density at radius 1 is 1.11 bits per heavy atom. The molecule has 0 saturated carbocycles. The summed E-state index contributed by atoms with van der Waals surface area (Å²) in [7, 11) is 0. The molecular formula is C13H7BrF2OS. The molecule has 18 heavy (non-hydrogen) atoms. The highest BCUT2D eigenvalue weighted by molar-refractivity contribution is 9.10. The Labute approximate surface area is 115 Å². The molecule has 0 aliphatic heterocycles. The molecule has 0 N–H and O–H groups in total. The molecule has 0 aliphatic carbocycles. The minimum absolute atomic E-state index is 0.335. The van der Waals surface area contributed by atoms with Crippen LogP contribution in [0.3, 0.4) is 0 Å². The lowest BCUT2D eigenvalue weighted by Gasteiger charge is -2.05. The van der Waals surface area contributed by atoms with Gasteiger partial charge in [-0.2, -0.15) is 0 Å². The van der Waals surface area contributed by atoms with Gasteiger partial charge in [-0.25, -0.2) is 8.78 Å². The van der Waals surface area contributed by atoms with Crippen LogP contribution in [0.4, 0.5) is 8.78 Å².